The molecule has 0 saturated heterocycles. The van der Waals surface area contributed by atoms with E-state index in [1.54, 1.807) is 11.3 Å². The van der Waals surface area contributed by atoms with Crippen LogP contribution in [0.15, 0.2) is 35.2 Å². The van der Waals surface area contributed by atoms with Crippen molar-refractivity contribution in [2.24, 2.45) is 5.73 Å². The first-order valence-electron chi connectivity index (χ1n) is 5.79. The topological polar surface area (TPSA) is 50.9 Å². The zero-order valence-electron chi connectivity index (χ0n) is 9.47. The van der Waals surface area contributed by atoms with Crippen molar-refractivity contribution >= 4 is 11.3 Å². The summed E-state index contributed by atoms with van der Waals surface area (Å²) >= 11 is 1.63. The molecule has 1 heterocycles. The molecular formula is C13H15N3S. The van der Waals surface area contributed by atoms with Crippen LogP contribution in [0.4, 0.5) is 0 Å². The molecule has 0 spiro atoms. The molecule has 0 fully saturated rings. The summed E-state index contributed by atoms with van der Waals surface area (Å²) in [5.74, 6) is 0. The van der Waals surface area contributed by atoms with Crippen molar-refractivity contribution < 1.29 is 0 Å². The second-order valence-electron chi connectivity index (χ2n) is 4.38. The Morgan fingerprint density at radius 2 is 2.18 bits per heavy atom. The molecule has 1 aromatic carbocycles. The molecule has 0 radical (unpaired) electrons. The lowest BCUT2D eigenvalue weighted by Gasteiger charge is -2.12. The first-order chi connectivity index (χ1) is 8.34. The number of thiazole rings is 1. The Morgan fingerprint density at radius 1 is 1.35 bits per heavy atom. The number of aromatic nitrogens is 1. The predicted molar refractivity (Wildman–Crippen MR) is 69.7 cm³/mol. The van der Waals surface area contributed by atoms with E-state index in [-0.39, 0.29) is 6.04 Å². The fraction of sp³-hybridized carbons (Fsp3) is 0.308. The summed E-state index contributed by atoms with van der Waals surface area (Å²) < 4.78 is 0. The van der Waals surface area contributed by atoms with E-state index in [4.69, 9.17) is 5.73 Å². The van der Waals surface area contributed by atoms with Crippen LogP contribution in [0.5, 0.6) is 0 Å². The fourth-order valence-corrected chi connectivity index (χ4v) is 2.98. The molecule has 88 valence electrons. The molecule has 3 rings (SSSR count). The van der Waals surface area contributed by atoms with Gasteiger partial charge >= 0.3 is 0 Å². The number of hydrogen-bond donors (Lipinski definition) is 2. The highest BCUT2D eigenvalue weighted by molar-refractivity contribution is 7.07. The van der Waals surface area contributed by atoms with Crippen LogP contribution in [0, 0.1) is 0 Å². The molecule has 0 aliphatic heterocycles. The van der Waals surface area contributed by atoms with Gasteiger partial charge in [-0.2, -0.15) is 0 Å². The second-order valence-corrected chi connectivity index (χ2v) is 5.10. The molecule has 1 aromatic heterocycles. The molecule has 3 N–H and O–H groups in total. The quantitative estimate of drug-likeness (QED) is 0.873. The molecule has 17 heavy (non-hydrogen) atoms. The summed E-state index contributed by atoms with van der Waals surface area (Å²) in [4.78, 5) is 4.28. The third-order valence-electron chi connectivity index (χ3n) is 3.27. The van der Waals surface area contributed by atoms with Crippen LogP contribution in [0.1, 0.15) is 35.3 Å². The Morgan fingerprint density at radius 3 is 2.94 bits per heavy atom. The first-order valence-corrected chi connectivity index (χ1v) is 6.74. The highest BCUT2D eigenvalue weighted by atomic mass is 32.1. The molecule has 0 bridgehead atoms. The van der Waals surface area contributed by atoms with E-state index in [2.05, 4.69) is 39.9 Å². The maximum Gasteiger partial charge on any atom is 0.0795 e. The maximum atomic E-state index is 6.13. The highest BCUT2D eigenvalue weighted by Gasteiger charge is 2.27. The molecule has 0 amide bonds. The lowest BCUT2D eigenvalue weighted by Crippen LogP contribution is -2.19. The average Bonchev–Trinajstić information content (AvgIpc) is 2.96. The van der Waals surface area contributed by atoms with Crippen molar-refractivity contribution in [3.63, 3.8) is 0 Å². The number of nitrogens with two attached hydrogens (primary N) is 1. The lowest BCUT2D eigenvalue weighted by atomic mass is 10.1. The van der Waals surface area contributed by atoms with Crippen molar-refractivity contribution in [1.82, 2.24) is 10.3 Å². The molecule has 1 aliphatic rings. The molecule has 2 atom stereocenters. The average molecular weight is 245 g/mol. The molecule has 3 nitrogen and oxygen atoms in total. The van der Waals surface area contributed by atoms with Crippen LogP contribution >= 0.6 is 11.3 Å². The molecular weight excluding hydrogens is 230 g/mol. The van der Waals surface area contributed by atoms with Gasteiger partial charge in [0.1, 0.15) is 0 Å². The minimum absolute atomic E-state index is 0.166. The molecule has 4 heteroatoms. The van der Waals surface area contributed by atoms with Gasteiger partial charge in [-0.1, -0.05) is 24.3 Å². The molecule has 1 aliphatic carbocycles. The van der Waals surface area contributed by atoms with E-state index >= 15 is 0 Å². The Hall–Kier alpha value is -1.23. The number of fused-ring (bicyclic) bond motifs is 1. The molecule has 2 aromatic rings. The van der Waals surface area contributed by atoms with Crippen LogP contribution in [-0.4, -0.2) is 4.98 Å². The summed E-state index contributed by atoms with van der Waals surface area (Å²) in [5.41, 5.74) is 11.7. The van der Waals surface area contributed by atoms with E-state index in [9.17, 15) is 0 Å². The van der Waals surface area contributed by atoms with Crippen molar-refractivity contribution in [2.45, 2.75) is 25.0 Å². The van der Waals surface area contributed by atoms with Crippen LogP contribution < -0.4 is 11.1 Å². The lowest BCUT2D eigenvalue weighted by molar-refractivity contribution is 0.495. The Kier molecular flexibility index (Phi) is 2.93. The van der Waals surface area contributed by atoms with E-state index in [1.165, 1.54) is 11.1 Å². The van der Waals surface area contributed by atoms with Gasteiger partial charge in [0, 0.05) is 24.0 Å². The smallest absolute Gasteiger partial charge is 0.0795 e. The monoisotopic (exact) mass is 245 g/mol. The summed E-state index contributed by atoms with van der Waals surface area (Å²) in [7, 11) is 0. The van der Waals surface area contributed by atoms with Gasteiger partial charge in [0.25, 0.3) is 0 Å². The van der Waals surface area contributed by atoms with E-state index in [1.807, 2.05) is 5.51 Å². The van der Waals surface area contributed by atoms with Crippen molar-refractivity contribution in [2.75, 3.05) is 0 Å². The Bertz CT molecular complexity index is 495. The van der Waals surface area contributed by atoms with Gasteiger partial charge in [-0.05, 0) is 17.5 Å². The van der Waals surface area contributed by atoms with E-state index in [0.29, 0.717) is 6.04 Å². The third-order valence-corrected chi connectivity index (χ3v) is 3.91. The number of benzene rings is 1. The van der Waals surface area contributed by atoms with Crippen LogP contribution in [-0.2, 0) is 6.54 Å². The standard InChI is InChI=1S/C13H15N3S/c14-12-5-13(11-4-2-1-3-10(11)12)15-6-9-7-17-8-16-9/h1-4,7-8,12-13,15H,5-6,14H2. The fourth-order valence-electron chi connectivity index (χ4n) is 2.42. The van der Waals surface area contributed by atoms with Gasteiger partial charge in [-0.15, -0.1) is 11.3 Å². The van der Waals surface area contributed by atoms with Crippen molar-refractivity contribution in [1.29, 1.82) is 0 Å². The zero-order valence-corrected chi connectivity index (χ0v) is 10.3. The van der Waals surface area contributed by atoms with Gasteiger partial charge in [0.15, 0.2) is 0 Å². The van der Waals surface area contributed by atoms with Gasteiger partial charge < -0.3 is 11.1 Å². The number of nitrogens with one attached hydrogen (secondary N) is 1. The zero-order chi connectivity index (χ0) is 11.7. The van der Waals surface area contributed by atoms with Crippen LogP contribution in [0.3, 0.4) is 0 Å². The Labute approximate surface area is 105 Å². The largest absolute Gasteiger partial charge is 0.324 e. The number of hydrogen-bond acceptors (Lipinski definition) is 4. The summed E-state index contributed by atoms with van der Waals surface area (Å²) in [6, 6.07) is 8.96. The number of rotatable bonds is 3. The van der Waals surface area contributed by atoms with E-state index < -0.39 is 0 Å². The van der Waals surface area contributed by atoms with Gasteiger partial charge in [-0.3, -0.25) is 0 Å². The SMILES string of the molecule is NC1CC(NCc2cscn2)c2ccccc21. The highest BCUT2D eigenvalue weighted by Crippen LogP contribution is 2.36. The molecule has 0 saturated carbocycles. The molecule has 2 unspecified atom stereocenters. The van der Waals surface area contributed by atoms with Gasteiger partial charge in [-0.25, -0.2) is 4.98 Å². The second kappa shape index (κ2) is 4.56. The third kappa shape index (κ3) is 2.11. The minimum Gasteiger partial charge on any atom is -0.324 e. The van der Waals surface area contributed by atoms with Crippen LogP contribution in [0.2, 0.25) is 0 Å². The first kappa shape index (κ1) is 10.9. The van der Waals surface area contributed by atoms with Crippen molar-refractivity contribution in [3.05, 3.63) is 52.0 Å². The number of nitrogens with zero attached hydrogens (tertiary/aromatic N) is 1. The Balaban J connectivity index is 1.73. The maximum absolute atomic E-state index is 6.13. The van der Waals surface area contributed by atoms with Crippen molar-refractivity contribution in [3.8, 4) is 0 Å². The normalized spacial score (nSPS) is 22.6. The predicted octanol–water partition coefficient (Wildman–Crippen LogP) is 2.38. The summed E-state index contributed by atoms with van der Waals surface area (Å²) in [6.45, 7) is 0.815. The van der Waals surface area contributed by atoms with Gasteiger partial charge in [0.05, 0.1) is 11.2 Å². The summed E-state index contributed by atoms with van der Waals surface area (Å²) in [5, 5.41) is 5.61. The van der Waals surface area contributed by atoms with E-state index in [0.717, 1.165) is 18.7 Å². The van der Waals surface area contributed by atoms with Gasteiger partial charge in [0.2, 0.25) is 0 Å². The summed E-state index contributed by atoms with van der Waals surface area (Å²) in [6.07, 6.45) is 0.976. The minimum atomic E-state index is 0.166. The van der Waals surface area contributed by atoms with Crippen LogP contribution in [0.25, 0.3) is 0 Å².